The van der Waals surface area contributed by atoms with E-state index in [0.29, 0.717) is 11.5 Å². The van der Waals surface area contributed by atoms with Crippen molar-refractivity contribution in [1.29, 1.82) is 5.26 Å². The van der Waals surface area contributed by atoms with Crippen LogP contribution in [0.5, 0.6) is 5.75 Å². The maximum atomic E-state index is 9.21. The van der Waals surface area contributed by atoms with E-state index in [4.69, 9.17) is 4.74 Å². The molecule has 22 heavy (non-hydrogen) atoms. The summed E-state index contributed by atoms with van der Waals surface area (Å²) in [6.45, 7) is 1.85. The Kier molecular flexibility index (Phi) is 4.24. The molecule has 0 amide bonds. The lowest BCUT2D eigenvalue weighted by molar-refractivity contribution is 0.412. The second kappa shape index (κ2) is 6.48. The highest BCUT2D eigenvalue weighted by Gasteiger charge is 2.23. The van der Waals surface area contributed by atoms with Crippen LogP contribution in [-0.2, 0) is 0 Å². The van der Waals surface area contributed by atoms with Gasteiger partial charge in [-0.2, -0.15) is 5.26 Å². The molecular weight excluding hydrogens is 274 g/mol. The summed E-state index contributed by atoms with van der Waals surface area (Å²) in [5, 5.41) is 9.21. The van der Waals surface area contributed by atoms with E-state index in [1.807, 2.05) is 24.3 Å². The molecule has 2 aromatic rings. The molecule has 0 saturated carbocycles. The number of pyridine rings is 1. The summed E-state index contributed by atoms with van der Waals surface area (Å²) in [4.78, 5) is 6.60. The minimum absolute atomic E-state index is 0.542. The van der Waals surface area contributed by atoms with Crippen LogP contribution >= 0.6 is 0 Å². The summed E-state index contributed by atoms with van der Waals surface area (Å²) in [5.74, 6) is 2.27. The molecule has 112 valence electrons. The van der Waals surface area contributed by atoms with Crippen molar-refractivity contribution in [2.24, 2.45) is 0 Å². The number of benzene rings is 1. The van der Waals surface area contributed by atoms with Crippen molar-refractivity contribution in [2.75, 3.05) is 25.1 Å². The van der Waals surface area contributed by atoms with Gasteiger partial charge in [0.05, 0.1) is 12.7 Å². The zero-order chi connectivity index (χ0) is 15.4. The molecule has 1 aliphatic heterocycles. The normalized spacial score (nSPS) is 15.4. The third-order valence-corrected chi connectivity index (χ3v) is 4.27. The number of aromatic nitrogens is 1. The van der Waals surface area contributed by atoms with Crippen LogP contribution in [0.3, 0.4) is 0 Å². The number of rotatable bonds is 3. The third-order valence-electron chi connectivity index (χ3n) is 4.27. The summed E-state index contributed by atoms with van der Waals surface area (Å²) in [5.41, 5.74) is 1.99. The average Bonchev–Trinajstić information content (AvgIpc) is 2.62. The van der Waals surface area contributed by atoms with Crippen molar-refractivity contribution in [3.8, 4) is 11.8 Å². The predicted octanol–water partition coefficient (Wildman–Crippen LogP) is 3.35. The lowest BCUT2D eigenvalue weighted by Crippen LogP contribution is -2.34. The van der Waals surface area contributed by atoms with E-state index < -0.39 is 0 Å². The number of nitrogens with zero attached hydrogens (tertiary/aromatic N) is 3. The fraction of sp³-hybridized carbons (Fsp3) is 0.333. The Morgan fingerprint density at radius 2 is 2.05 bits per heavy atom. The van der Waals surface area contributed by atoms with Gasteiger partial charge in [0.1, 0.15) is 17.6 Å². The highest BCUT2D eigenvalue weighted by atomic mass is 16.5. The zero-order valence-corrected chi connectivity index (χ0v) is 12.7. The smallest absolute Gasteiger partial charge is 0.146 e. The number of anilines is 1. The number of hydrogen-bond donors (Lipinski definition) is 0. The van der Waals surface area contributed by atoms with E-state index in [0.717, 1.165) is 37.5 Å². The number of hydrogen-bond acceptors (Lipinski definition) is 4. The molecule has 0 unspecified atom stereocenters. The van der Waals surface area contributed by atoms with Crippen molar-refractivity contribution in [3.05, 3.63) is 53.7 Å². The minimum atomic E-state index is 0.542. The Balaban J connectivity index is 1.71. The molecule has 2 heterocycles. The first kappa shape index (κ1) is 14.4. The number of ether oxygens (including phenoxy) is 1. The fourth-order valence-electron chi connectivity index (χ4n) is 3.06. The summed E-state index contributed by atoms with van der Waals surface area (Å²) in [6, 6.07) is 14.2. The monoisotopic (exact) mass is 293 g/mol. The molecule has 1 saturated heterocycles. The quantitative estimate of drug-likeness (QED) is 0.871. The van der Waals surface area contributed by atoms with Gasteiger partial charge >= 0.3 is 0 Å². The van der Waals surface area contributed by atoms with Gasteiger partial charge in [-0.25, -0.2) is 4.98 Å². The van der Waals surface area contributed by atoms with Gasteiger partial charge in [0, 0.05) is 19.3 Å². The summed E-state index contributed by atoms with van der Waals surface area (Å²) >= 11 is 0. The number of methoxy groups -OCH3 is 1. The van der Waals surface area contributed by atoms with Crippen LogP contribution in [0.15, 0.2) is 42.6 Å². The first-order valence-electron chi connectivity index (χ1n) is 7.56. The molecule has 1 aliphatic rings. The minimum Gasteiger partial charge on any atom is -0.497 e. The summed E-state index contributed by atoms with van der Waals surface area (Å²) in [7, 11) is 1.70. The Morgan fingerprint density at radius 1 is 1.23 bits per heavy atom. The highest BCUT2D eigenvalue weighted by molar-refractivity contribution is 5.53. The fourth-order valence-corrected chi connectivity index (χ4v) is 3.06. The molecule has 1 aromatic carbocycles. The van der Waals surface area contributed by atoms with Gasteiger partial charge < -0.3 is 9.64 Å². The van der Waals surface area contributed by atoms with Crippen molar-refractivity contribution >= 4 is 5.82 Å². The topological polar surface area (TPSA) is 49.1 Å². The van der Waals surface area contributed by atoms with Crippen molar-refractivity contribution < 1.29 is 4.74 Å². The second-order valence-corrected chi connectivity index (χ2v) is 5.52. The second-order valence-electron chi connectivity index (χ2n) is 5.52. The van der Waals surface area contributed by atoms with Crippen molar-refractivity contribution in [3.63, 3.8) is 0 Å². The molecule has 4 heteroatoms. The molecule has 1 aromatic heterocycles. The van der Waals surface area contributed by atoms with Crippen molar-refractivity contribution in [1.82, 2.24) is 4.98 Å². The molecular formula is C18H19N3O. The van der Waals surface area contributed by atoms with Crippen LogP contribution in [0.2, 0.25) is 0 Å². The number of piperidine rings is 1. The van der Waals surface area contributed by atoms with E-state index in [9.17, 15) is 5.26 Å². The molecule has 0 aliphatic carbocycles. The standard InChI is InChI=1S/C18H19N3O/c1-22-17-6-2-4-15(12-17)14-7-10-21(11-8-14)18-16(13-19)5-3-9-20-18/h2-6,9,12,14H,7-8,10-11H2,1H3. The Morgan fingerprint density at radius 3 is 2.77 bits per heavy atom. The van der Waals surface area contributed by atoms with Gasteiger partial charge in [0.25, 0.3) is 0 Å². The Hall–Kier alpha value is -2.54. The van der Waals surface area contributed by atoms with Crippen LogP contribution < -0.4 is 9.64 Å². The van der Waals surface area contributed by atoms with Crippen LogP contribution in [-0.4, -0.2) is 25.2 Å². The Bertz CT molecular complexity index is 685. The number of nitriles is 1. The summed E-state index contributed by atoms with van der Waals surface area (Å²) < 4.78 is 5.31. The van der Waals surface area contributed by atoms with Crippen LogP contribution in [0, 0.1) is 11.3 Å². The van der Waals surface area contributed by atoms with E-state index in [1.54, 1.807) is 13.3 Å². The van der Waals surface area contributed by atoms with E-state index in [2.05, 4.69) is 28.1 Å². The molecule has 4 nitrogen and oxygen atoms in total. The molecule has 0 spiro atoms. The van der Waals surface area contributed by atoms with Gasteiger partial charge in [0.15, 0.2) is 0 Å². The maximum Gasteiger partial charge on any atom is 0.146 e. The van der Waals surface area contributed by atoms with E-state index in [1.165, 1.54) is 5.56 Å². The van der Waals surface area contributed by atoms with Gasteiger partial charge in [-0.1, -0.05) is 12.1 Å². The molecule has 0 N–H and O–H groups in total. The van der Waals surface area contributed by atoms with E-state index >= 15 is 0 Å². The third kappa shape index (κ3) is 2.89. The first-order valence-corrected chi connectivity index (χ1v) is 7.56. The molecule has 3 rings (SSSR count). The van der Waals surface area contributed by atoms with Gasteiger partial charge in [-0.15, -0.1) is 0 Å². The highest BCUT2D eigenvalue weighted by Crippen LogP contribution is 2.32. The first-order chi connectivity index (χ1) is 10.8. The Labute approximate surface area is 131 Å². The zero-order valence-electron chi connectivity index (χ0n) is 12.7. The van der Waals surface area contributed by atoms with Crippen LogP contribution in [0.4, 0.5) is 5.82 Å². The molecule has 0 bridgehead atoms. The van der Waals surface area contributed by atoms with Gasteiger partial charge in [-0.3, -0.25) is 0 Å². The summed E-state index contributed by atoms with van der Waals surface area (Å²) in [6.07, 6.45) is 3.88. The van der Waals surface area contributed by atoms with Crippen molar-refractivity contribution in [2.45, 2.75) is 18.8 Å². The predicted molar refractivity (Wildman–Crippen MR) is 86.1 cm³/mol. The molecule has 1 fully saturated rings. The van der Waals surface area contributed by atoms with Gasteiger partial charge in [-0.05, 0) is 48.6 Å². The lowest BCUT2D eigenvalue weighted by atomic mass is 9.89. The van der Waals surface area contributed by atoms with Gasteiger partial charge in [0.2, 0.25) is 0 Å². The van der Waals surface area contributed by atoms with Crippen LogP contribution in [0.1, 0.15) is 29.9 Å². The van der Waals surface area contributed by atoms with E-state index in [-0.39, 0.29) is 0 Å². The molecule has 0 atom stereocenters. The lowest BCUT2D eigenvalue weighted by Gasteiger charge is -2.33. The maximum absolute atomic E-state index is 9.21. The van der Waals surface area contributed by atoms with Crippen LogP contribution in [0.25, 0.3) is 0 Å². The SMILES string of the molecule is COc1cccc(C2CCN(c3ncccc3C#N)CC2)c1. The average molecular weight is 293 g/mol. The largest absolute Gasteiger partial charge is 0.497 e. The molecule has 0 radical (unpaired) electrons.